The van der Waals surface area contributed by atoms with Crippen molar-refractivity contribution in [3.05, 3.63) is 42.0 Å². The van der Waals surface area contributed by atoms with Crippen LogP contribution in [0.1, 0.15) is 17.3 Å². The molecule has 3 aromatic rings. The van der Waals surface area contributed by atoms with E-state index in [1.54, 1.807) is 43.3 Å². The van der Waals surface area contributed by atoms with Crippen LogP contribution in [-0.4, -0.2) is 44.6 Å². The molecule has 0 spiro atoms. The van der Waals surface area contributed by atoms with E-state index in [1.165, 1.54) is 0 Å². The number of hydrogen-bond donors (Lipinski definition) is 2. The first-order valence-corrected chi connectivity index (χ1v) is 8.70. The Morgan fingerprint density at radius 1 is 1.19 bits per heavy atom. The normalized spacial score (nSPS) is 10.7. The Hall–Kier alpha value is -3.07. The highest BCUT2D eigenvalue weighted by Gasteiger charge is 2.13. The van der Waals surface area contributed by atoms with Crippen LogP contribution in [-0.2, 0) is 9.53 Å². The summed E-state index contributed by atoms with van der Waals surface area (Å²) in [4.78, 5) is 26.4. The molecule has 0 radical (unpaired) electrons. The number of carboxylic acid groups (broad SMARTS) is 1. The quantitative estimate of drug-likeness (QED) is 0.479. The molecule has 2 N–H and O–H groups in total. The number of furan rings is 1. The van der Waals surface area contributed by atoms with Crippen molar-refractivity contribution in [3.8, 4) is 22.9 Å². The molecular formula is C17H15N3O5S. The number of benzene rings is 1. The van der Waals surface area contributed by atoms with Crippen LogP contribution in [0.25, 0.3) is 22.9 Å². The van der Waals surface area contributed by atoms with Crippen LogP contribution < -0.4 is 0 Å². The average Bonchev–Trinajstić information content (AvgIpc) is 3.29. The zero-order valence-corrected chi connectivity index (χ0v) is 14.6. The van der Waals surface area contributed by atoms with Crippen LogP contribution in [0.5, 0.6) is 0 Å². The van der Waals surface area contributed by atoms with E-state index >= 15 is 0 Å². The first-order chi connectivity index (χ1) is 12.6. The fourth-order valence-corrected chi connectivity index (χ4v) is 2.67. The zero-order valence-electron chi connectivity index (χ0n) is 13.8. The van der Waals surface area contributed by atoms with Gasteiger partial charge in [-0.25, -0.2) is 4.79 Å². The van der Waals surface area contributed by atoms with Gasteiger partial charge in [-0.05, 0) is 31.2 Å². The number of nitrogens with zero attached hydrogens (tertiary/aromatic N) is 2. The van der Waals surface area contributed by atoms with Gasteiger partial charge in [0.05, 0.1) is 17.9 Å². The number of rotatable bonds is 7. The molecule has 0 fully saturated rings. The summed E-state index contributed by atoms with van der Waals surface area (Å²) in [6.45, 7) is 2.08. The molecule has 0 aliphatic rings. The Balaban J connectivity index is 1.73. The molecule has 8 nitrogen and oxygen atoms in total. The second-order valence-electron chi connectivity index (χ2n) is 5.11. The van der Waals surface area contributed by atoms with E-state index < -0.39 is 5.97 Å². The lowest BCUT2D eigenvalue weighted by atomic mass is 10.1. The molecule has 2 aromatic heterocycles. The number of esters is 1. The molecule has 1 aromatic carbocycles. The van der Waals surface area contributed by atoms with Crippen LogP contribution in [0.3, 0.4) is 0 Å². The van der Waals surface area contributed by atoms with Gasteiger partial charge in [0.15, 0.2) is 11.6 Å². The number of carbonyl (C=O) groups excluding carboxylic acids is 1. The number of carboxylic acids is 1. The predicted octanol–water partition coefficient (Wildman–Crippen LogP) is 3.09. The predicted molar refractivity (Wildman–Crippen MR) is 93.8 cm³/mol. The van der Waals surface area contributed by atoms with Crippen LogP contribution in [0.4, 0.5) is 0 Å². The van der Waals surface area contributed by atoms with Crippen molar-refractivity contribution in [2.24, 2.45) is 0 Å². The number of H-pyrrole nitrogens is 1. The van der Waals surface area contributed by atoms with Gasteiger partial charge in [0.2, 0.25) is 5.16 Å². The molecule has 26 heavy (non-hydrogen) atoms. The Labute approximate surface area is 152 Å². The van der Waals surface area contributed by atoms with Gasteiger partial charge in [-0.3, -0.25) is 9.89 Å². The van der Waals surface area contributed by atoms with E-state index in [0.717, 1.165) is 17.3 Å². The van der Waals surface area contributed by atoms with Crippen LogP contribution in [0.15, 0.2) is 46.0 Å². The van der Waals surface area contributed by atoms with Gasteiger partial charge in [-0.15, -0.1) is 5.10 Å². The average molecular weight is 373 g/mol. The zero-order chi connectivity index (χ0) is 18.5. The van der Waals surface area contributed by atoms with Crippen molar-refractivity contribution < 1.29 is 23.8 Å². The van der Waals surface area contributed by atoms with Crippen molar-refractivity contribution in [2.75, 3.05) is 12.4 Å². The standard InChI is InChI=1S/C17H15N3O5S/c1-2-24-16(23)11-5-3-10(4-6-11)12-7-8-13(25-12)15-18-17(20-19-15)26-9-14(21)22/h3-8H,2,9H2,1H3,(H,21,22)(H,18,19,20). The molecule has 0 unspecified atom stereocenters. The van der Waals surface area contributed by atoms with Crippen LogP contribution >= 0.6 is 11.8 Å². The van der Waals surface area contributed by atoms with Gasteiger partial charge in [-0.1, -0.05) is 23.9 Å². The number of ether oxygens (including phenoxy) is 1. The van der Waals surface area contributed by atoms with Crippen molar-refractivity contribution in [1.82, 2.24) is 15.2 Å². The minimum atomic E-state index is -0.937. The number of carbonyl (C=O) groups is 2. The molecule has 3 rings (SSSR count). The summed E-state index contributed by atoms with van der Waals surface area (Å²) >= 11 is 1.02. The van der Waals surface area contributed by atoms with Crippen molar-refractivity contribution >= 4 is 23.7 Å². The van der Waals surface area contributed by atoms with Gasteiger partial charge >= 0.3 is 11.9 Å². The van der Waals surface area contributed by atoms with Gasteiger partial charge < -0.3 is 14.3 Å². The Morgan fingerprint density at radius 3 is 2.62 bits per heavy atom. The molecule has 0 saturated heterocycles. The largest absolute Gasteiger partial charge is 0.481 e. The molecule has 9 heteroatoms. The Bertz CT molecular complexity index is 917. The molecule has 2 heterocycles. The van der Waals surface area contributed by atoms with Crippen LogP contribution in [0.2, 0.25) is 0 Å². The summed E-state index contributed by atoms with van der Waals surface area (Å²) in [5, 5.41) is 15.7. The van der Waals surface area contributed by atoms with E-state index in [-0.39, 0.29) is 11.7 Å². The highest BCUT2D eigenvalue weighted by Crippen LogP contribution is 2.28. The minimum Gasteiger partial charge on any atom is -0.481 e. The topological polar surface area (TPSA) is 118 Å². The molecule has 0 saturated carbocycles. The number of hydrogen-bond acceptors (Lipinski definition) is 7. The minimum absolute atomic E-state index is 0.118. The van der Waals surface area contributed by atoms with Gasteiger partial charge in [0.1, 0.15) is 5.76 Å². The van der Waals surface area contributed by atoms with Gasteiger partial charge in [0, 0.05) is 5.56 Å². The number of aromatic nitrogens is 3. The van der Waals surface area contributed by atoms with Crippen molar-refractivity contribution in [2.45, 2.75) is 12.1 Å². The molecule has 0 amide bonds. The van der Waals surface area contributed by atoms with Crippen molar-refractivity contribution in [1.29, 1.82) is 0 Å². The number of thioether (sulfide) groups is 1. The summed E-state index contributed by atoms with van der Waals surface area (Å²) in [5.74, 6) is 0.0659. The molecular weight excluding hydrogens is 358 g/mol. The monoisotopic (exact) mass is 373 g/mol. The maximum absolute atomic E-state index is 11.7. The van der Waals surface area contributed by atoms with Crippen LogP contribution in [0, 0.1) is 0 Å². The molecule has 0 atom stereocenters. The second kappa shape index (κ2) is 7.87. The van der Waals surface area contributed by atoms with Gasteiger partial charge in [0.25, 0.3) is 0 Å². The highest BCUT2D eigenvalue weighted by atomic mass is 32.2. The number of aliphatic carboxylic acids is 1. The lowest BCUT2D eigenvalue weighted by Crippen LogP contribution is -2.03. The second-order valence-corrected chi connectivity index (χ2v) is 6.05. The third-order valence-corrected chi connectivity index (χ3v) is 4.14. The summed E-state index contributed by atoms with van der Waals surface area (Å²) in [5.41, 5.74) is 1.27. The lowest BCUT2D eigenvalue weighted by Gasteiger charge is -2.02. The number of nitrogens with one attached hydrogen (secondary N) is 1. The van der Waals surface area contributed by atoms with Gasteiger partial charge in [-0.2, -0.15) is 4.98 Å². The van der Waals surface area contributed by atoms with E-state index in [1.807, 2.05) is 0 Å². The SMILES string of the molecule is CCOC(=O)c1ccc(-c2ccc(-c3nc(SCC(=O)O)n[nH]3)o2)cc1. The Kier molecular flexibility index (Phi) is 5.37. The fourth-order valence-electron chi connectivity index (χ4n) is 2.15. The van der Waals surface area contributed by atoms with E-state index in [4.69, 9.17) is 14.3 Å². The summed E-state index contributed by atoms with van der Waals surface area (Å²) in [6.07, 6.45) is 0. The molecule has 0 aliphatic heterocycles. The first-order valence-electron chi connectivity index (χ1n) is 7.71. The molecule has 0 bridgehead atoms. The first kappa shape index (κ1) is 17.7. The van der Waals surface area contributed by atoms with E-state index in [0.29, 0.717) is 34.7 Å². The smallest absolute Gasteiger partial charge is 0.338 e. The third-order valence-electron chi connectivity index (χ3n) is 3.31. The maximum atomic E-state index is 11.7. The lowest BCUT2D eigenvalue weighted by molar-refractivity contribution is -0.133. The van der Waals surface area contributed by atoms with E-state index in [2.05, 4.69) is 15.2 Å². The highest BCUT2D eigenvalue weighted by molar-refractivity contribution is 7.99. The van der Waals surface area contributed by atoms with Crippen molar-refractivity contribution in [3.63, 3.8) is 0 Å². The summed E-state index contributed by atoms with van der Waals surface area (Å²) < 4.78 is 10.7. The Morgan fingerprint density at radius 2 is 1.92 bits per heavy atom. The maximum Gasteiger partial charge on any atom is 0.338 e. The third kappa shape index (κ3) is 4.12. The number of aromatic amines is 1. The summed E-state index contributed by atoms with van der Waals surface area (Å²) in [6, 6.07) is 10.4. The summed E-state index contributed by atoms with van der Waals surface area (Å²) in [7, 11) is 0. The fraction of sp³-hybridized carbons (Fsp3) is 0.176. The molecule has 0 aliphatic carbocycles. The molecule has 134 valence electrons. The van der Waals surface area contributed by atoms with E-state index in [9.17, 15) is 9.59 Å².